The molecule has 0 atom stereocenters. The summed E-state index contributed by atoms with van der Waals surface area (Å²) in [7, 11) is 0. The fraction of sp³-hybridized carbons (Fsp3) is 0.116. The van der Waals surface area contributed by atoms with Crippen LogP contribution in [0.3, 0.4) is 0 Å². The normalized spacial score (nSPS) is 14.7. The van der Waals surface area contributed by atoms with E-state index in [-0.39, 0.29) is 5.41 Å². The highest BCUT2D eigenvalue weighted by Crippen LogP contribution is 2.52. The topological polar surface area (TPSA) is 37.8 Å². The minimum absolute atomic E-state index is 0.0104. The average Bonchev–Trinajstić information content (AvgIpc) is 3.27. The van der Waals surface area contributed by atoms with Crippen molar-refractivity contribution in [1.29, 1.82) is 0 Å². The molecule has 0 radical (unpaired) electrons. The zero-order valence-electron chi connectivity index (χ0n) is 26.2. The van der Waals surface area contributed by atoms with Gasteiger partial charge < -0.3 is 5.32 Å². The van der Waals surface area contributed by atoms with Crippen molar-refractivity contribution in [1.82, 2.24) is 15.3 Å². The molecule has 3 heteroatoms. The minimum atomic E-state index is -0.0104. The Bertz CT molecular complexity index is 2140. The molecule has 1 aliphatic carbocycles. The van der Waals surface area contributed by atoms with Gasteiger partial charge in [0, 0.05) is 35.2 Å². The summed E-state index contributed by atoms with van der Waals surface area (Å²) in [5, 5.41) is 3.38. The SMILES string of the molecule is CC1(C)c2ccccc2-c2c(-c3ccc(-c4cccc(-c5cc(-c6ccccc6)nc(C6=CCNCC=C6)n5)c4)cc3)cccc21. The number of hydrogen-bond donors (Lipinski definition) is 1. The quantitative estimate of drug-likeness (QED) is 0.216. The molecule has 0 spiro atoms. The average molecular weight is 594 g/mol. The Labute approximate surface area is 271 Å². The second-order valence-electron chi connectivity index (χ2n) is 12.6. The van der Waals surface area contributed by atoms with Crippen molar-refractivity contribution in [3.8, 4) is 55.9 Å². The Morgan fingerprint density at radius 3 is 2.04 bits per heavy atom. The van der Waals surface area contributed by atoms with Gasteiger partial charge in [-0.15, -0.1) is 0 Å². The summed E-state index contributed by atoms with van der Waals surface area (Å²) in [5.74, 6) is 0.742. The maximum Gasteiger partial charge on any atom is 0.160 e. The van der Waals surface area contributed by atoms with E-state index in [1.807, 2.05) is 6.07 Å². The van der Waals surface area contributed by atoms with E-state index < -0.39 is 0 Å². The Balaban J connectivity index is 1.17. The van der Waals surface area contributed by atoms with E-state index in [0.717, 1.165) is 52.6 Å². The fourth-order valence-corrected chi connectivity index (χ4v) is 6.94. The molecule has 2 heterocycles. The van der Waals surface area contributed by atoms with Gasteiger partial charge in [0.15, 0.2) is 5.82 Å². The van der Waals surface area contributed by atoms with Gasteiger partial charge in [0.05, 0.1) is 11.4 Å². The summed E-state index contributed by atoms with van der Waals surface area (Å²) in [5.41, 5.74) is 15.4. The predicted molar refractivity (Wildman–Crippen MR) is 191 cm³/mol. The first-order chi connectivity index (χ1) is 22.6. The van der Waals surface area contributed by atoms with Crippen LogP contribution in [0, 0.1) is 0 Å². The van der Waals surface area contributed by atoms with Crippen molar-refractivity contribution in [3.05, 3.63) is 163 Å². The van der Waals surface area contributed by atoms with Crippen LogP contribution in [0.4, 0.5) is 0 Å². The van der Waals surface area contributed by atoms with Crippen LogP contribution in [-0.4, -0.2) is 23.1 Å². The summed E-state index contributed by atoms with van der Waals surface area (Å²) >= 11 is 0. The Hall–Kier alpha value is -5.38. The van der Waals surface area contributed by atoms with E-state index in [1.54, 1.807) is 0 Å². The molecule has 1 N–H and O–H groups in total. The number of hydrogen-bond acceptors (Lipinski definition) is 3. The van der Waals surface area contributed by atoms with Crippen LogP contribution in [0.5, 0.6) is 0 Å². The maximum absolute atomic E-state index is 5.09. The van der Waals surface area contributed by atoms with Gasteiger partial charge in [-0.25, -0.2) is 9.97 Å². The molecule has 0 unspecified atom stereocenters. The van der Waals surface area contributed by atoms with Gasteiger partial charge in [0.25, 0.3) is 0 Å². The van der Waals surface area contributed by atoms with Crippen molar-refractivity contribution < 1.29 is 0 Å². The van der Waals surface area contributed by atoms with Gasteiger partial charge in [0.1, 0.15) is 0 Å². The molecule has 1 aromatic heterocycles. The number of rotatable bonds is 5. The third-order valence-corrected chi connectivity index (χ3v) is 9.37. The molecule has 0 fully saturated rings. The molecule has 222 valence electrons. The van der Waals surface area contributed by atoms with Crippen molar-refractivity contribution in [2.75, 3.05) is 13.1 Å². The van der Waals surface area contributed by atoms with E-state index in [2.05, 4.69) is 159 Å². The predicted octanol–water partition coefficient (Wildman–Crippen LogP) is 9.99. The highest BCUT2D eigenvalue weighted by molar-refractivity contribution is 5.93. The van der Waals surface area contributed by atoms with Crippen LogP contribution in [0.1, 0.15) is 30.8 Å². The number of allylic oxidation sites excluding steroid dienone is 2. The number of nitrogens with zero attached hydrogens (tertiary/aromatic N) is 2. The van der Waals surface area contributed by atoms with Crippen LogP contribution in [0.25, 0.3) is 61.5 Å². The van der Waals surface area contributed by atoms with Crippen molar-refractivity contribution >= 4 is 5.57 Å². The van der Waals surface area contributed by atoms with Gasteiger partial charge in [0.2, 0.25) is 0 Å². The standard InChI is InChI=1S/C43H35N3/c1-43(2)37-18-7-6-16-36(37)41-35(17-9-19-38(41)43)30-22-20-29(21-23-30)33-13-8-14-34(27-33)40-28-39(31-11-4-3-5-12-31)45-42(46-40)32-15-10-25-44-26-24-32/h3-24,27-28,44H,25-26H2,1-2H3. The molecule has 0 amide bonds. The molecule has 0 bridgehead atoms. The summed E-state index contributed by atoms with van der Waals surface area (Å²) in [6, 6.07) is 45.8. The lowest BCUT2D eigenvalue weighted by atomic mass is 9.82. The number of benzene rings is 5. The second kappa shape index (κ2) is 11.5. The number of nitrogens with one attached hydrogen (secondary N) is 1. The molecular formula is C43H35N3. The minimum Gasteiger partial charge on any atom is -0.310 e. The van der Waals surface area contributed by atoms with Crippen molar-refractivity contribution in [2.24, 2.45) is 0 Å². The highest BCUT2D eigenvalue weighted by Gasteiger charge is 2.36. The van der Waals surface area contributed by atoms with Gasteiger partial charge in [-0.05, 0) is 56.6 Å². The lowest BCUT2D eigenvalue weighted by Crippen LogP contribution is -2.14. The van der Waals surface area contributed by atoms with Crippen molar-refractivity contribution in [2.45, 2.75) is 19.3 Å². The highest BCUT2D eigenvalue weighted by atomic mass is 14.9. The maximum atomic E-state index is 5.09. The van der Waals surface area contributed by atoms with Crippen LogP contribution in [-0.2, 0) is 5.41 Å². The third-order valence-electron chi connectivity index (χ3n) is 9.37. The van der Waals surface area contributed by atoms with E-state index >= 15 is 0 Å². The molecule has 1 aliphatic heterocycles. The van der Waals surface area contributed by atoms with E-state index in [0.29, 0.717) is 0 Å². The largest absolute Gasteiger partial charge is 0.310 e. The zero-order chi connectivity index (χ0) is 31.1. The molecule has 0 saturated heterocycles. The first kappa shape index (κ1) is 28.1. The molecule has 2 aliphatic rings. The monoisotopic (exact) mass is 593 g/mol. The lowest BCUT2D eigenvalue weighted by molar-refractivity contribution is 0.660. The smallest absolute Gasteiger partial charge is 0.160 e. The molecule has 0 saturated carbocycles. The molecular weight excluding hydrogens is 558 g/mol. The summed E-state index contributed by atoms with van der Waals surface area (Å²) in [6.45, 7) is 6.30. The molecule has 5 aromatic carbocycles. The Morgan fingerprint density at radius 2 is 1.20 bits per heavy atom. The van der Waals surface area contributed by atoms with Gasteiger partial charge in [-0.1, -0.05) is 147 Å². The molecule has 3 nitrogen and oxygen atoms in total. The van der Waals surface area contributed by atoms with Crippen LogP contribution >= 0.6 is 0 Å². The van der Waals surface area contributed by atoms with Crippen LogP contribution in [0.15, 0.2) is 146 Å². The molecule has 8 rings (SSSR count). The second-order valence-corrected chi connectivity index (χ2v) is 12.6. The number of aromatic nitrogens is 2. The summed E-state index contributed by atoms with van der Waals surface area (Å²) in [4.78, 5) is 10.1. The first-order valence-electron chi connectivity index (χ1n) is 16.0. The fourth-order valence-electron chi connectivity index (χ4n) is 6.94. The Morgan fingerprint density at radius 1 is 0.543 bits per heavy atom. The molecule has 6 aromatic rings. The molecule has 46 heavy (non-hydrogen) atoms. The van der Waals surface area contributed by atoms with Crippen LogP contribution < -0.4 is 5.32 Å². The van der Waals surface area contributed by atoms with Gasteiger partial charge >= 0.3 is 0 Å². The lowest BCUT2D eigenvalue weighted by Gasteiger charge is -2.21. The van der Waals surface area contributed by atoms with E-state index in [1.165, 1.54) is 38.9 Å². The Kier molecular flexibility index (Phi) is 7.04. The van der Waals surface area contributed by atoms with E-state index in [4.69, 9.17) is 9.97 Å². The third kappa shape index (κ3) is 4.99. The van der Waals surface area contributed by atoms with Gasteiger partial charge in [-0.3, -0.25) is 0 Å². The number of fused-ring (bicyclic) bond motifs is 3. The summed E-state index contributed by atoms with van der Waals surface area (Å²) in [6.07, 6.45) is 6.41. The van der Waals surface area contributed by atoms with Crippen LogP contribution in [0.2, 0.25) is 0 Å². The summed E-state index contributed by atoms with van der Waals surface area (Å²) < 4.78 is 0. The first-order valence-corrected chi connectivity index (χ1v) is 16.0. The van der Waals surface area contributed by atoms with E-state index in [9.17, 15) is 0 Å². The van der Waals surface area contributed by atoms with Gasteiger partial charge in [-0.2, -0.15) is 0 Å². The zero-order valence-corrected chi connectivity index (χ0v) is 26.2. The van der Waals surface area contributed by atoms with Crippen molar-refractivity contribution in [3.63, 3.8) is 0 Å².